The van der Waals surface area contributed by atoms with Crippen LogP contribution in [0.15, 0.2) is 0 Å². The van der Waals surface area contributed by atoms with Gasteiger partial charge in [0.1, 0.15) is 6.04 Å². The third-order valence-corrected chi connectivity index (χ3v) is 1.78. The molecule has 0 radical (unpaired) electrons. The molecule has 0 aromatic rings. The van der Waals surface area contributed by atoms with Crippen LogP contribution in [0.2, 0.25) is 0 Å². The van der Waals surface area contributed by atoms with E-state index in [0.29, 0.717) is 6.42 Å². The van der Waals surface area contributed by atoms with Crippen LogP contribution in [0.25, 0.3) is 0 Å². The molecule has 0 bridgehead atoms. The lowest BCUT2D eigenvalue weighted by Gasteiger charge is -2.30. The van der Waals surface area contributed by atoms with Crippen LogP contribution in [-0.2, 0) is 4.74 Å². The van der Waals surface area contributed by atoms with Crippen molar-refractivity contribution in [2.45, 2.75) is 37.9 Å². The highest BCUT2D eigenvalue weighted by Crippen LogP contribution is 2.15. The highest BCUT2D eigenvalue weighted by atomic mass is 16.6. The largest absolute Gasteiger partial charge is 0.382 e. The summed E-state index contributed by atoms with van der Waals surface area (Å²) in [5, 5.41) is 18.1. The summed E-state index contributed by atoms with van der Waals surface area (Å²) in [5.41, 5.74) is 3.69. The Morgan fingerprint density at radius 2 is 2.10 bits per heavy atom. The third kappa shape index (κ3) is 1.46. The molecular weight excluding hydrogens is 134 g/mol. The van der Waals surface area contributed by atoms with Gasteiger partial charge in [-0.3, -0.25) is 0 Å². The van der Waals surface area contributed by atoms with E-state index in [1.807, 2.05) is 6.92 Å². The molecule has 1 aliphatic rings. The average molecular weight is 148 g/mol. The minimum Gasteiger partial charge on any atom is -0.382 e. The van der Waals surface area contributed by atoms with Crippen molar-refractivity contribution in [2.24, 2.45) is 0 Å². The zero-order valence-corrected chi connectivity index (χ0v) is 6.03. The predicted molar refractivity (Wildman–Crippen MR) is 33.9 cm³/mol. The molecule has 1 fully saturated rings. The van der Waals surface area contributed by atoms with Crippen LogP contribution in [0.3, 0.4) is 0 Å². The second kappa shape index (κ2) is 2.84. The van der Waals surface area contributed by atoms with Gasteiger partial charge in [0.05, 0.1) is 6.10 Å². The van der Waals surface area contributed by atoms with Gasteiger partial charge in [-0.15, -0.1) is 0 Å². The zero-order valence-electron chi connectivity index (χ0n) is 6.03. The Kier molecular flexibility index (Phi) is 2.25. The lowest BCUT2D eigenvalue weighted by molar-refractivity contribution is -0.466. The second-order valence-electron chi connectivity index (χ2n) is 2.82. The van der Waals surface area contributed by atoms with Gasteiger partial charge in [0.15, 0.2) is 12.4 Å². The Morgan fingerprint density at radius 1 is 1.50 bits per heavy atom. The Hall–Kier alpha value is -0.160. The SMILES string of the molecule is CC1CC([NH3+])C(O)[C@@H](O)O1. The summed E-state index contributed by atoms with van der Waals surface area (Å²) < 4.78 is 4.93. The van der Waals surface area contributed by atoms with E-state index >= 15 is 0 Å². The van der Waals surface area contributed by atoms with Crippen molar-refractivity contribution in [1.82, 2.24) is 0 Å². The molecule has 60 valence electrons. The smallest absolute Gasteiger partial charge is 0.187 e. The standard InChI is InChI=1S/C6H13NO3/c1-3-2-4(7)5(8)6(9)10-3/h3-6,8-9H,2,7H2,1H3/p+1/t3?,4?,5?,6-/m0/s1. The fraction of sp³-hybridized carbons (Fsp3) is 1.00. The van der Waals surface area contributed by atoms with Crippen LogP contribution in [0, 0.1) is 0 Å². The van der Waals surface area contributed by atoms with Gasteiger partial charge in [0.25, 0.3) is 0 Å². The Labute approximate surface area is 59.6 Å². The first-order valence-electron chi connectivity index (χ1n) is 3.46. The molecule has 0 aromatic carbocycles. The molecule has 1 saturated heterocycles. The van der Waals surface area contributed by atoms with Crippen molar-refractivity contribution in [3.63, 3.8) is 0 Å². The quantitative estimate of drug-likeness (QED) is 0.375. The van der Waals surface area contributed by atoms with Gasteiger partial charge in [-0.05, 0) is 6.92 Å². The molecule has 1 heterocycles. The number of hydrogen-bond acceptors (Lipinski definition) is 3. The summed E-state index contributed by atoms with van der Waals surface area (Å²) in [5.74, 6) is 0. The van der Waals surface area contributed by atoms with E-state index < -0.39 is 12.4 Å². The highest BCUT2D eigenvalue weighted by molar-refractivity contribution is 4.76. The number of quaternary nitrogens is 1. The molecule has 1 aliphatic heterocycles. The summed E-state index contributed by atoms with van der Waals surface area (Å²) in [6.45, 7) is 1.85. The fourth-order valence-corrected chi connectivity index (χ4v) is 1.17. The maximum atomic E-state index is 9.13. The molecule has 1 rings (SSSR count). The number of ether oxygens (including phenoxy) is 1. The van der Waals surface area contributed by atoms with Gasteiger partial charge in [-0.2, -0.15) is 0 Å². The molecule has 4 nitrogen and oxygen atoms in total. The van der Waals surface area contributed by atoms with E-state index in [1.165, 1.54) is 0 Å². The minimum absolute atomic E-state index is 0.000833. The summed E-state index contributed by atoms with van der Waals surface area (Å²) in [6, 6.07) is -0.112. The maximum absolute atomic E-state index is 9.13. The van der Waals surface area contributed by atoms with E-state index in [9.17, 15) is 0 Å². The highest BCUT2D eigenvalue weighted by Gasteiger charge is 2.34. The maximum Gasteiger partial charge on any atom is 0.187 e. The zero-order chi connectivity index (χ0) is 7.72. The minimum atomic E-state index is -1.05. The molecule has 0 spiro atoms. The van der Waals surface area contributed by atoms with E-state index in [1.54, 1.807) is 0 Å². The monoisotopic (exact) mass is 148 g/mol. The van der Waals surface area contributed by atoms with Gasteiger partial charge >= 0.3 is 0 Å². The van der Waals surface area contributed by atoms with E-state index in [-0.39, 0.29) is 12.1 Å². The lowest BCUT2D eigenvalue weighted by atomic mass is 10.0. The van der Waals surface area contributed by atoms with Crippen LogP contribution in [0.5, 0.6) is 0 Å². The van der Waals surface area contributed by atoms with Crippen molar-refractivity contribution >= 4 is 0 Å². The van der Waals surface area contributed by atoms with Crippen LogP contribution < -0.4 is 5.73 Å². The molecule has 0 aromatic heterocycles. The van der Waals surface area contributed by atoms with Gasteiger partial charge in [-0.25, -0.2) is 0 Å². The third-order valence-electron chi connectivity index (χ3n) is 1.78. The average Bonchev–Trinajstić information content (AvgIpc) is 1.82. The first kappa shape index (κ1) is 7.94. The predicted octanol–water partition coefficient (Wildman–Crippen LogP) is -1.91. The number of rotatable bonds is 0. The molecule has 0 saturated carbocycles. The van der Waals surface area contributed by atoms with Crippen molar-refractivity contribution < 1.29 is 20.7 Å². The van der Waals surface area contributed by atoms with Crippen molar-refractivity contribution in [1.29, 1.82) is 0 Å². The first-order chi connectivity index (χ1) is 4.61. The fourth-order valence-electron chi connectivity index (χ4n) is 1.17. The van der Waals surface area contributed by atoms with Gasteiger partial charge in [0, 0.05) is 6.42 Å². The molecule has 10 heavy (non-hydrogen) atoms. The normalized spacial score (nSPS) is 49.2. The van der Waals surface area contributed by atoms with Gasteiger partial charge in [-0.1, -0.05) is 0 Å². The molecule has 3 unspecified atom stereocenters. The van der Waals surface area contributed by atoms with Crippen LogP contribution in [0.4, 0.5) is 0 Å². The summed E-state index contributed by atoms with van der Waals surface area (Å²) >= 11 is 0. The van der Waals surface area contributed by atoms with Crippen molar-refractivity contribution in [3.8, 4) is 0 Å². The summed E-state index contributed by atoms with van der Waals surface area (Å²) in [7, 11) is 0. The summed E-state index contributed by atoms with van der Waals surface area (Å²) in [6.07, 6.45) is -1.17. The van der Waals surface area contributed by atoms with Crippen LogP contribution in [0.1, 0.15) is 13.3 Å². The summed E-state index contributed by atoms with van der Waals surface area (Å²) in [4.78, 5) is 0. The Balaban J connectivity index is 2.49. The van der Waals surface area contributed by atoms with E-state index in [2.05, 4.69) is 5.73 Å². The van der Waals surface area contributed by atoms with E-state index in [4.69, 9.17) is 14.9 Å². The molecule has 0 aliphatic carbocycles. The second-order valence-corrected chi connectivity index (χ2v) is 2.82. The molecule has 5 N–H and O–H groups in total. The molecule has 0 amide bonds. The number of aliphatic hydroxyl groups excluding tert-OH is 2. The molecule has 4 atom stereocenters. The van der Waals surface area contributed by atoms with Gasteiger partial charge in [0.2, 0.25) is 0 Å². The van der Waals surface area contributed by atoms with Crippen LogP contribution >= 0.6 is 0 Å². The molecular formula is C6H14NO3+. The molecule has 4 heteroatoms. The van der Waals surface area contributed by atoms with Crippen molar-refractivity contribution in [2.75, 3.05) is 0 Å². The Bertz CT molecular complexity index is 108. The van der Waals surface area contributed by atoms with Crippen LogP contribution in [-0.4, -0.2) is 34.8 Å². The van der Waals surface area contributed by atoms with Gasteiger partial charge < -0.3 is 20.7 Å². The topological polar surface area (TPSA) is 77.3 Å². The van der Waals surface area contributed by atoms with E-state index in [0.717, 1.165) is 0 Å². The van der Waals surface area contributed by atoms with Crippen molar-refractivity contribution in [3.05, 3.63) is 0 Å². The first-order valence-corrected chi connectivity index (χ1v) is 3.46. The lowest BCUT2D eigenvalue weighted by Crippen LogP contribution is -2.71. The number of hydrogen-bond donors (Lipinski definition) is 3. The number of aliphatic hydroxyl groups is 2. The Morgan fingerprint density at radius 3 is 2.60 bits per heavy atom.